The van der Waals surface area contributed by atoms with Crippen molar-refractivity contribution in [3.05, 3.63) is 35.9 Å². The number of nitrogens with one attached hydrogen (secondary N) is 1. The van der Waals surface area contributed by atoms with Crippen molar-refractivity contribution in [2.45, 2.75) is 19.6 Å². The zero-order valence-corrected chi connectivity index (χ0v) is 11.5. The fourth-order valence-corrected chi connectivity index (χ4v) is 1.56. The molecule has 6 nitrogen and oxygen atoms in total. The van der Waals surface area contributed by atoms with E-state index in [2.05, 4.69) is 10.1 Å². The Morgan fingerprint density at radius 1 is 1.30 bits per heavy atom. The third kappa shape index (κ3) is 4.89. The van der Waals surface area contributed by atoms with E-state index in [0.29, 0.717) is 0 Å². The average molecular weight is 281 g/mol. The van der Waals surface area contributed by atoms with Gasteiger partial charge >= 0.3 is 12.1 Å². The van der Waals surface area contributed by atoms with Crippen LogP contribution in [0.4, 0.5) is 4.79 Å². The lowest BCUT2D eigenvalue weighted by Crippen LogP contribution is -2.47. The van der Waals surface area contributed by atoms with Crippen LogP contribution in [0.2, 0.25) is 0 Å². The van der Waals surface area contributed by atoms with Crippen LogP contribution in [0.25, 0.3) is 0 Å². The Bertz CT molecular complexity index is 434. The van der Waals surface area contributed by atoms with Crippen LogP contribution < -0.4 is 5.32 Å². The van der Waals surface area contributed by atoms with E-state index in [-0.39, 0.29) is 13.2 Å². The topological polar surface area (TPSA) is 84.9 Å². The van der Waals surface area contributed by atoms with Crippen LogP contribution >= 0.6 is 0 Å². The normalized spacial score (nSPS) is 13.2. The Balaban J connectivity index is 2.51. The SMILES string of the molecule is COC(=O)C(NC(=O)OCc1ccccc1)C(C)CO. The Hall–Kier alpha value is -2.08. The van der Waals surface area contributed by atoms with Crippen molar-refractivity contribution in [1.82, 2.24) is 5.32 Å². The highest BCUT2D eigenvalue weighted by atomic mass is 16.6. The average Bonchev–Trinajstić information content (AvgIpc) is 2.50. The van der Waals surface area contributed by atoms with Crippen molar-refractivity contribution in [2.75, 3.05) is 13.7 Å². The smallest absolute Gasteiger partial charge is 0.408 e. The summed E-state index contributed by atoms with van der Waals surface area (Å²) in [6, 6.07) is 8.24. The summed E-state index contributed by atoms with van der Waals surface area (Å²) in [6.45, 7) is 1.48. The quantitative estimate of drug-likeness (QED) is 0.762. The number of rotatable bonds is 6. The number of carbonyl (C=O) groups is 2. The Kier molecular flexibility index (Phi) is 6.52. The van der Waals surface area contributed by atoms with Crippen molar-refractivity contribution in [1.29, 1.82) is 0 Å². The van der Waals surface area contributed by atoms with Gasteiger partial charge in [0.1, 0.15) is 12.6 Å². The predicted molar refractivity (Wildman–Crippen MR) is 71.8 cm³/mol. The lowest BCUT2D eigenvalue weighted by atomic mass is 10.0. The van der Waals surface area contributed by atoms with E-state index in [1.54, 1.807) is 6.92 Å². The number of methoxy groups -OCH3 is 1. The number of alkyl carbamates (subject to hydrolysis) is 1. The molecular weight excluding hydrogens is 262 g/mol. The number of hydrogen-bond donors (Lipinski definition) is 2. The zero-order chi connectivity index (χ0) is 15.0. The van der Waals surface area contributed by atoms with Gasteiger partial charge in [0.15, 0.2) is 0 Å². The molecule has 0 spiro atoms. The Morgan fingerprint density at radius 3 is 2.50 bits per heavy atom. The molecule has 0 heterocycles. The molecular formula is C14H19NO5. The van der Waals surface area contributed by atoms with E-state index in [0.717, 1.165) is 5.56 Å². The molecule has 1 rings (SSSR count). The molecule has 1 amide bonds. The van der Waals surface area contributed by atoms with Gasteiger partial charge in [-0.25, -0.2) is 9.59 Å². The molecule has 0 aliphatic heterocycles. The molecule has 1 aromatic carbocycles. The summed E-state index contributed by atoms with van der Waals surface area (Å²) >= 11 is 0. The number of benzene rings is 1. The van der Waals surface area contributed by atoms with Gasteiger partial charge in [-0.05, 0) is 5.56 Å². The number of hydrogen-bond acceptors (Lipinski definition) is 5. The maximum absolute atomic E-state index is 11.6. The Morgan fingerprint density at radius 2 is 1.95 bits per heavy atom. The molecule has 0 bridgehead atoms. The first-order chi connectivity index (χ1) is 9.58. The van der Waals surface area contributed by atoms with E-state index >= 15 is 0 Å². The van der Waals surface area contributed by atoms with Gasteiger partial charge in [0.2, 0.25) is 0 Å². The van der Waals surface area contributed by atoms with Gasteiger partial charge in [-0.1, -0.05) is 37.3 Å². The van der Waals surface area contributed by atoms with Gasteiger partial charge < -0.3 is 19.9 Å². The molecule has 6 heteroatoms. The largest absolute Gasteiger partial charge is 0.467 e. The molecule has 2 unspecified atom stereocenters. The lowest BCUT2D eigenvalue weighted by molar-refractivity contribution is -0.144. The molecule has 2 atom stereocenters. The monoisotopic (exact) mass is 281 g/mol. The minimum atomic E-state index is -0.937. The van der Waals surface area contributed by atoms with E-state index in [1.165, 1.54) is 7.11 Å². The van der Waals surface area contributed by atoms with E-state index in [1.807, 2.05) is 30.3 Å². The maximum atomic E-state index is 11.6. The molecule has 0 aliphatic carbocycles. The van der Waals surface area contributed by atoms with Crippen molar-refractivity contribution in [3.63, 3.8) is 0 Å². The Labute approximate surface area is 117 Å². The molecule has 2 N–H and O–H groups in total. The first-order valence-electron chi connectivity index (χ1n) is 6.24. The molecule has 1 aromatic rings. The van der Waals surface area contributed by atoms with Crippen LogP contribution in [0.1, 0.15) is 12.5 Å². The first-order valence-corrected chi connectivity index (χ1v) is 6.24. The number of aliphatic hydroxyl groups is 1. The van der Waals surface area contributed by atoms with Crippen molar-refractivity contribution < 1.29 is 24.2 Å². The van der Waals surface area contributed by atoms with Crippen LogP contribution in [0.3, 0.4) is 0 Å². The first kappa shape index (κ1) is 16.0. The number of aliphatic hydroxyl groups excluding tert-OH is 1. The number of amides is 1. The lowest BCUT2D eigenvalue weighted by Gasteiger charge is -2.20. The summed E-state index contributed by atoms with van der Waals surface area (Å²) in [5.41, 5.74) is 0.840. The standard InChI is InChI=1S/C14H19NO5/c1-10(8-16)12(13(17)19-2)15-14(18)20-9-11-6-4-3-5-7-11/h3-7,10,12,16H,8-9H2,1-2H3,(H,15,18). The van der Waals surface area contributed by atoms with Crippen LogP contribution in [-0.2, 0) is 20.9 Å². The van der Waals surface area contributed by atoms with Gasteiger partial charge in [-0.15, -0.1) is 0 Å². The molecule has 0 saturated heterocycles. The fourth-order valence-electron chi connectivity index (χ4n) is 1.56. The van der Waals surface area contributed by atoms with Gasteiger partial charge in [0.05, 0.1) is 7.11 Å². The van der Waals surface area contributed by atoms with Crippen LogP contribution in [0, 0.1) is 5.92 Å². The third-order valence-corrected chi connectivity index (χ3v) is 2.80. The summed E-state index contributed by atoms with van der Waals surface area (Å²) in [5.74, 6) is -1.09. The van der Waals surface area contributed by atoms with Gasteiger partial charge in [-0.3, -0.25) is 0 Å². The summed E-state index contributed by atoms with van der Waals surface area (Å²) in [6.07, 6.45) is -0.732. The van der Waals surface area contributed by atoms with Gasteiger partial charge in [0.25, 0.3) is 0 Å². The zero-order valence-electron chi connectivity index (χ0n) is 11.5. The second-order valence-electron chi connectivity index (χ2n) is 4.37. The van der Waals surface area contributed by atoms with Gasteiger partial charge in [0, 0.05) is 12.5 Å². The van der Waals surface area contributed by atoms with E-state index in [4.69, 9.17) is 9.84 Å². The van der Waals surface area contributed by atoms with E-state index in [9.17, 15) is 9.59 Å². The summed E-state index contributed by atoms with van der Waals surface area (Å²) in [5, 5.41) is 11.5. The van der Waals surface area contributed by atoms with Crippen molar-refractivity contribution in [3.8, 4) is 0 Å². The van der Waals surface area contributed by atoms with Crippen molar-refractivity contribution in [2.24, 2.45) is 5.92 Å². The summed E-state index contributed by atoms with van der Waals surface area (Å²) in [4.78, 5) is 23.2. The number of carbonyl (C=O) groups excluding carboxylic acids is 2. The molecule has 0 saturated carbocycles. The van der Waals surface area contributed by atoms with Crippen LogP contribution in [0.5, 0.6) is 0 Å². The van der Waals surface area contributed by atoms with Crippen LogP contribution in [-0.4, -0.2) is 36.9 Å². The highest BCUT2D eigenvalue weighted by Gasteiger charge is 2.27. The number of ether oxygens (including phenoxy) is 2. The second-order valence-corrected chi connectivity index (χ2v) is 4.37. The highest BCUT2D eigenvalue weighted by molar-refractivity contribution is 5.81. The third-order valence-electron chi connectivity index (χ3n) is 2.80. The molecule has 0 fully saturated rings. The van der Waals surface area contributed by atoms with Gasteiger partial charge in [-0.2, -0.15) is 0 Å². The second kappa shape index (κ2) is 8.16. The summed E-state index contributed by atoms with van der Waals surface area (Å²) in [7, 11) is 1.22. The molecule has 0 radical (unpaired) electrons. The molecule has 20 heavy (non-hydrogen) atoms. The molecule has 0 aliphatic rings. The minimum absolute atomic E-state index is 0.105. The summed E-state index contributed by atoms with van der Waals surface area (Å²) < 4.78 is 9.59. The van der Waals surface area contributed by atoms with Crippen molar-refractivity contribution >= 4 is 12.1 Å². The van der Waals surface area contributed by atoms with E-state index < -0.39 is 24.0 Å². The molecule has 110 valence electrons. The predicted octanol–water partition coefficient (Wildman–Crippen LogP) is 1.08. The fraction of sp³-hybridized carbons (Fsp3) is 0.429. The van der Waals surface area contributed by atoms with Crippen LogP contribution in [0.15, 0.2) is 30.3 Å². The highest BCUT2D eigenvalue weighted by Crippen LogP contribution is 2.06. The maximum Gasteiger partial charge on any atom is 0.408 e. The molecule has 0 aromatic heterocycles. The minimum Gasteiger partial charge on any atom is -0.467 e. The number of esters is 1.